The van der Waals surface area contributed by atoms with E-state index in [4.69, 9.17) is 4.74 Å². The lowest BCUT2D eigenvalue weighted by molar-refractivity contribution is -0.138. The molecule has 176 valence electrons. The monoisotopic (exact) mass is 447 g/mol. The Morgan fingerprint density at radius 2 is 1.62 bits per heavy atom. The summed E-state index contributed by atoms with van der Waals surface area (Å²) >= 11 is 0. The van der Waals surface area contributed by atoms with Crippen molar-refractivity contribution in [2.45, 2.75) is 90.6 Å². The van der Waals surface area contributed by atoms with Crippen LogP contribution in [0.15, 0.2) is 42.5 Å². The molecule has 0 atom stereocenters. The molecule has 0 heterocycles. The van der Waals surface area contributed by atoms with Gasteiger partial charge in [-0.2, -0.15) is 13.2 Å². The lowest BCUT2D eigenvalue weighted by Crippen LogP contribution is -2.37. The van der Waals surface area contributed by atoms with Crippen LogP contribution in [-0.2, 0) is 19.1 Å². The van der Waals surface area contributed by atoms with Crippen LogP contribution in [0.5, 0.6) is 5.75 Å². The average molecular weight is 448 g/mol. The molecule has 0 spiro atoms. The Morgan fingerprint density at radius 1 is 0.969 bits per heavy atom. The van der Waals surface area contributed by atoms with Crippen LogP contribution in [0.1, 0.15) is 74.6 Å². The largest absolute Gasteiger partial charge is 0.491 e. The average Bonchev–Trinajstić information content (AvgIpc) is 2.74. The van der Waals surface area contributed by atoms with E-state index in [9.17, 15) is 13.2 Å². The van der Waals surface area contributed by atoms with Crippen LogP contribution in [0.2, 0.25) is 0 Å². The van der Waals surface area contributed by atoms with Gasteiger partial charge in [0.05, 0.1) is 11.7 Å². The molecule has 1 saturated carbocycles. The van der Waals surface area contributed by atoms with Gasteiger partial charge in [0.1, 0.15) is 5.75 Å². The highest BCUT2D eigenvalue weighted by atomic mass is 19.4. The van der Waals surface area contributed by atoms with Crippen molar-refractivity contribution in [3.63, 3.8) is 0 Å². The van der Waals surface area contributed by atoms with Gasteiger partial charge in [0.25, 0.3) is 0 Å². The first-order chi connectivity index (χ1) is 15.2. The molecule has 0 amide bonds. The van der Waals surface area contributed by atoms with E-state index in [1.54, 1.807) is 19.1 Å². The fraction of sp³-hybridized carbons (Fsp3) is 0.556. The second-order valence-corrected chi connectivity index (χ2v) is 9.32. The van der Waals surface area contributed by atoms with Crippen LogP contribution in [0.3, 0.4) is 0 Å². The smallest absolute Gasteiger partial charge is 0.416 e. The molecule has 0 saturated heterocycles. The standard InChI is InChI=1S/C27H36F3NO/c1-20(2)32-25-14-11-23(12-15-25)19-31(24-9-5-4-6-10-24)17-7-8-22-13-16-26(21(3)18-22)27(28,29)30/h11-16,18,20,24H,4-10,17,19H2,1-3H3. The molecule has 2 nitrogen and oxygen atoms in total. The number of benzene rings is 2. The first-order valence-corrected chi connectivity index (χ1v) is 11.9. The number of hydrogen-bond acceptors (Lipinski definition) is 2. The summed E-state index contributed by atoms with van der Waals surface area (Å²) in [6, 6.07) is 13.5. The first kappa shape index (κ1) is 24.6. The summed E-state index contributed by atoms with van der Waals surface area (Å²) in [4.78, 5) is 2.58. The quantitative estimate of drug-likeness (QED) is 0.393. The molecule has 2 aromatic rings. The molecule has 0 aromatic heterocycles. The minimum absolute atomic E-state index is 0.161. The number of halogens is 3. The van der Waals surface area contributed by atoms with E-state index in [0.29, 0.717) is 11.6 Å². The van der Waals surface area contributed by atoms with Gasteiger partial charge in [-0.3, -0.25) is 4.90 Å². The fourth-order valence-electron chi connectivity index (χ4n) is 4.70. The molecule has 0 unspecified atom stereocenters. The van der Waals surface area contributed by atoms with Gasteiger partial charge in [-0.25, -0.2) is 0 Å². The topological polar surface area (TPSA) is 12.5 Å². The van der Waals surface area contributed by atoms with Crippen molar-refractivity contribution in [3.05, 3.63) is 64.7 Å². The van der Waals surface area contributed by atoms with Gasteiger partial charge in [-0.05, 0) is 87.9 Å². The molecule has 0 N–H and O–H groups in total. The van der Waals surface area contributed by atoms with E-state index in [1.165, 1.54) is 43.7 Å². The second-order valence-electron chi connectivity index (χ2n) is 9.32. The van der Waals surface area contributed by atoms with E-state index < -0.39 is 11.7 Å². The Balaban J connectivity index is 1.61. The highest BCUT2D eigenvalue weighted by Crippen LogP contribution is 2.32. The Bertz CT molecular complexity index is 839. The molecule has 2 aromatic carbocycles. The van der Waals surface area contributed by atoms with Crippen molar-refractivity contribution in [2.24, 2.45) is 0 Å². The fourth-order valence-corrected chi connectivity index (χ4v) is 4.70. The van der Waals surface area contributed by atoms with E-state index in [0.717, 1.165) is 37.2 Å². The molecule has 32 heavy (non-hydrogen) atoms. The van der Waals surface area contributed by atoms with Crippen molar-refractivity contribution in [1.82, 2.24) is 4.90 Å². The molecule has 1 aliphatic rings. The van der Waals surface area contributed by atoms with Crippen molar-refractivity contribution in [2.75, 3.05) is 6.54 Å². The number of aryl methyl sites for hydroxylation is 2. The van der Waals surface area contributed by atoms with Crippen molar-refractivity contribution in [3.8, 4) is 5.75 Å². The van der Waals surface area contributed by atoms with Crippen molar-refractivity contribution < 1.29 is 17.9 Å². The second kappa shape index (κ2) is 11.2. The summed E-state index contributed by atoms with van der Waals surface area (Å²) in [5, 5.41) is 0. The predicted molar refractivity (Wildman–Crippen MR) is 124 cm³/mol. The van der Waals surface area contributed by atoms with Crippen LogP contribution < -0.4 is 4.74 Å². The highest BCUT2D eigenvalue weighted by molar-refractivity contribution is 5.33. The minimum atomic E-state index is -4.28. The summed E-state index contributed by atoms with van der Waals surface area (Å²) in [7, 11) is 0. The molecule has 0 radical (unpaired) electrons. The number of rotatable bonds is 9. The zero-order chi connectivity index (χ0) is 23.1. The zero-order valence-electron chi connectivity index (χ0n) is 19.5. The molecule has 1 aliphatic carbocycles. The maximum atomic E-state index is 13.0. The maximum Gasteiger partial charge on any atom is 0.416 e. The predicted octanol–water partition coefficient (Wildman–Crippen LogP) is 7.57. The molecule has 0 bridgehead atoms. The number of ether oxygens (including phenoxy) is 1. The van der Waals surface area contributed by atoms with Gasteiger partial charge >= 0.3 is 6.18 Å². The van der Waals surface area contributed by atoms with Crippen molar-refractivity contribution >= 4 is 0 Å². The normalized spacial score (nSPS) is 15.5. The Morgan fingerprint density at radius 3 is 2.22 bits per heavy atom. The van der Waals surface area contributed by atoms with Gasteiger partial charge in [0.15, 0.2) is 0 Å². The SMILES string of the molecule is Cc1cc(CCCN(Cc2ccc(OC(C)C)cc2)C2CCCCC2)ccc1C(F)(F)F. The molecular weight excluding hydrogens is 411 g/mol. The third kappa shape index (κ3) is 7.26. The van der Waals surface area contributed by atoms with E-state index >= 15 is 0 Å². The Hall–Kier alpha value is -2.01. The van der Waals surface area contributed by atoms with Gasteiger partial charge in [-0.1, -0.05) is 43.5 Å². The Kier molecular flexibility index (Phi) is 8.64. The van der Waals surface area contributed by atoms with Crippen LogP contribution in [0, 0.1) is 6.92 Å². The van der Waals surface area contributed by atoms with E-state index in [1.807, 2.05) is 26.0 Å². The lowest BCUT2D eigenvalue weighted by atomic mass is 9.93. The van der Waals surface area contributed by atoms with Crippen molar-refractivity contribution in [1.29, 1.82) is 0 Å². The minimum Gasteiger partial charge on any atom is -0.491 e. The van der Waals surface area contributed by atoms with Crippen LogP contribution in [-0.4, -0.2) is 23.6 Å². The molecule has 3 rings (SSSR count). The summed E-state index contributed by atoms with van der Waals surface area (Å²) in [5.41, 5.74) is 2.03. The zero-order valence-corrected chi connectivity index (χ0v) is 19.5. The summed E-state index contributed by atoms with van der Waals surface area (Å²) in [6.45, 7) is 7.45. The lowest BCUT2D eigenvalue weighted by Gasteiger charge is -2.34. The van der Waals surface area contributed by atoms with E-state index in [2.05, 4.69) is 17.0 Å². The Labute approximate surface area is 190 Å². The molecular formula is C27H36F3NO. The van der Waals surface area contributed by atoms with Gasteiger partial charge in [0, 0.05) is 12.6 Å². The number of alkyl halides is 3. The molecule has 0 aliphatic heterocycles. The van der Waals surface area contributed by atoms with Crippen LogP contribution in [0.4, 0.5) is 13.2 Å². The summed E-state index contributed by atoms with van der Waals surface area (Å²) < 4.78 is 44.8. The number of nitrogens with zero attached hydrogens (tertiary/aromatic N) is 1. The van der Waals surface area contributed by atoms with Gasteiger partial charge in [0.2, 0.25) is 0 Å². The first-order valence-electron chi connectivity index (χ1n) is 11.9. The maximum absolute atomic E-state index is 13.0. The summed E-state index contributed by atoms with van der Waals surface area (Å²) in [6.07, 6.45) is 3.95. The molecule has 1 fully saturated rings. The van der Waals surface area contributed by atoms with Gasteiger partial charge < -0.3 is 4.74 Å². The highest BCUT2D eigenvalue weighted by Gasteiger charge is 2.32. The van der Waals surface area contributed by atoms with E-state index in [-0.39, 0.29) is 6.10 Å². The van der Waals surface area contributed by atoms with Crippen LogP contribution in [0.25, 0.3) is 0 Å². The third-order valence-corrected chi connectivity index (χ3v) is 6.28. The molecule has 5 heteroatoms. The van der Waals surface area contributed by atoms with Crippen LogP contribution >= 0.6 is 0 Å². The third-order valence-electron chi connectivity index (χ3n) is 6.28. The van der Waals surface area contributed by atoms with Gasteiger partial charge in [-0.15, -0.1) is 0 Å². The number of hydrogen-bond donors (Lipinski definition) is 0. The summed E-state index contributed by atoms with van der Waals surface area (Å²) in [5.74, 6) is 0.894.